The molecule has 6 nitrogen and oxygen atoms in total. The molecule has 1 amide bonds. The molecule has 0 aliphatic heterocycles. The van der Waals surface area contributed by atoms with E-state index in [1.54, 1.807) is 18.2 Å². The summed E-state index contributed by atoms with van der Waals surface area (Å²) in [6, 6.07) is 4.19. The third-order valence-electron chi connectivity index (χ3n) is 2.55. The van der Waals surface area contributed by atoms with Gasteiger partial charge in [0.15, 0.2) is 11.5 Å². The van der Waals surface area contributed by atoms with E-state index in [1.165, 1.54) is 28.3 Å². The van der Waals surface area contributed by atoms with Crippen LogP contribution in [0.2, 0.25) is 0 Å². The third-order valence-corrected chi connectivity index (χ3v) is 2.55. The summed E-state index contributed by atoms with van der Waals surface area (Å²) in [5.41, 5.74) is 0.289. The fourth-order valence-corrected chi connectivity index (χ4v) is 1.58. The average Bonchev–Trinajstić information content (AvgIpc) is 2.44. The van der Waals surface area contributed by atoms with Gasteiger partial charge < -0.3 is 19.5 Å². The van der Waals surface area contributed by atoms with Gasteiger partial charge in [0.2, 0.25) is 0 Å². The number of rotatable bonds is 5. The fourth-order valence-electron chi connectivity index (χ4n) is 1.58. The molecule has 0 aromatic heterocycles. The fraction of sp³-hybridized carbons (Fsp3) is 0.385. The second-order valence-electron chi connectivity index (χ2n) is 3.76. The Morgan fingerprint density at radius 3 is 2.37 bits per heavy atom. The lowest BCUT2D eigenvalue weighted by Crippen LogP contribution is -2.39. The van der Waals surface area contributed by atoms with E-state index >= 15 is 0 Å². The molecule has 0 saturated carbocycles. The number of para-hydroxylation sites is 1. The van der Waals surface area contributed by atoms with Crippen LogP contribution in [0.5, 0.6) is 11.5 Å². The van der Waals surface area contributed by atoms with Crippen LogP contribution in [0, 0.1) is 0 Å². The summed E-state index contributed by atoms with van der Waals surface area (Å²) in [5, 5.41) is 2.52. The molecule has 1 rings (SSSR count). The predicted molar refractivity (Wildman–Crippen MR) is 68.5 cm³/mol. The molecule has 0 saturated heterocycles. The van der Waals surface area contributed by atoms with Crippen molar-refractivity contribution in [2.45, 2.75) is 13.0 Å². The highest BCUT2D eigenvalue weighted by atomic mass is 16.5. The number of nitrogens with one attached hydrogen (secondary N) is 1. The number of esters is 1. The van der Waals surface area contributed by atoms with Gasteiger partial charge in [0.25, 0.3) is 5.91 Å². The van der Waals surface area contributed by atoms with Crippen LogP contribution in [0.15, 0.2) is 18.2 Å². The molecule has 1 aromatic rings. The number of benzene rings is 1. The molecule has 1 unspecified atom stereocenters. The van der Waals surface area contributed by atoms with E-state index in [2.05, 4.69) is 10.1 Å². The maximum absolute atomic E-state index is 12.1. The molecule has 0 aliphatic carbocycles. The van der Waals surface area contributed by atoms with E-state index in [4.69, 9.17) is 9.47 Å². The predicted octanol–water partition coefficient (Wildman–Crippen LogP) is 0.995. The monoisotopic (exact) mass is 267 g/mol. The lowest BCUT2D eigenvalue weighted by atomic mass is 10.1. The van der Waals surface area contributed by atoms with Crippen LogP contribution in [0.1, 0.15) is 17.3 Å². The van der Waals surface area contributed by atoms with Crippen molar-refractivity contribution < 1.29 is 23.8 Å². The van der Waals surface area contributed by atoms with Gasteiger partial charge in [-0.2, -0.15) is 0 Å². The normalized spacial score (nSPS) is 11.4. The minimum absolute atomic E-state index is 0.289. The smallest absolute Gasteiger partial charge is 0.328 e. The number of carbonyl (C=O) groups is 2. The SMILES string of the molecule is COC(=O)C(C)NC(=O)c1cccc(OC)c1OC. The van der Waals surface area contributed by atoms with Crippen molar-refractivity contribution >= 4 is 11.9 Å². The minimum Gasteiger partial charge on any atom is -0.493 e. The molecule has 0 spiro atoms. The molecular weight excluding hydrogens is 250 g/mol. The summed E-state index contributed by atoms with van der Waals surface area (Å²) in [6.07, 6.45) is 0. The largest absolute Gasteiger partial charge is 0.493 e. The summed E-state index contributed by atoms with van der Waals surface area (Å²) in [5.74, 6) is -0.190. The molecule has 1 aromatic carbocycles. The van der Waals surface area contributed by atoms with Gasteiger partial charge in [0.1, 0.15) is 6.04 Å². The summed E-state index contributed by atoms with van der Waals surface area (Å²) in [4.78, 5) is 23.3. The van der Waals surface area contributed by atoms with E-state index < -0.39 is 17.9 Å². The van der Waals surface area contributed by atoms with Crippen molar-refractivity contribution in [3.8, 4) is 11.5 Å². The average molecular weight is 267 g/mol. The van der Waals surface area contributed by atoms with Crippen LogP contribution in [0.3, 0.4) is 0 Å². The highest BCUT2D eigenvalue weighted by Gasteiger charge is 2.21. The van der Waals surface area contributed by atoms with Crippen molar-refractivity contribution in [2.24, 2.45) is 0 Å². The first-order valence-corrected chi connectivity index (χ1v) is 5.64. The van der Waals surface area contributed by atoms with Gasteiger partial charge in [-0.25, -0.2) is 4.79 Å². The Labute approximate surface area is 111 Å². The second kappa shape index (κ2) is 6.63. The summed E-state index contributed by atoms with van der Waals surface area (Å²) in [6.45, 7) is 1.54. The maximum Gasteiger partial charge on any atom is 0.328 e. The molecule has 1 atom stereocenters. The van der Waals surface area contributed by atoms with Crippen molar-refractivity contribution in [1.29, 1.82) is 0 Å². The van der Waals surface area contributed by atoms with Gasteiger partial charge >= 0.3 is 5.97 Å². The number of hydrogen-bond acceptors (Lipinski definition) is 5. The van der Waals surface area contributed by atoms with Gasteiger partial charge in [0.05, 0.1) is 26.9 Å². The number of amides is 1. The zero-order valence-corrected chi connectivity index (χ0v) is 11.4. The van der Waals surface area contributed by atoms with E-state index in [0.717, 1.165) is 0 Å². The molecule has 19 heavy (non-hydrogen) atoms. The van der Waals surface area contributed by atoms with Crippen LogP contribution >= 0.6 is 0 Å². The van der Waals surface area contributed by atoms with Crippen LogP contribution in [0.4, 0.5) is 0 Å². The molecule has 0 radical (unpaired) electrons. The lowest BCUT2D eigenvalue weighted by Gasteiger charge is -2.15. The number of ether oxygens (including phenoxy) is 3. The zero-order chi connectivity index (χ0) is 14.4. The first-order valence-electron chi connectivity index (χ1n) is 5.64. The third kappa shape index (κ3) is 3.37. The van der Waals surface area contributed by atoms with Crippen molar-refractivity contribution in [3.63, 3.8) is 0 Å². The molecule has 104 valence electrons. The second-order valence-corrected chi connectivity index (χ2v) is 3.76. The minimum atomic E-state index is -0.742. The standard InChI is InChI=1S/C13H17NO5/c1-8(13(16)19-4)14-12(15)9-6-5-7-10(17-2)11(9)18-3/h5-8H,1-4H3,(H,14,15). The van der Waals surface area contributed by atoms with Crippen molar-refractivity contribution in [2.75, 3.05) is 21.3 Å². The highest BCUT2D eigenvalue weighted by molar-refractivity contribution is 5.99. The zero-order valence-electron chi connectivity index (χ0n) is 11.4. The van der Waals surface area contributed by atoms with Crippen LogP contribution in [0.25, 0.3) is 0 Å². The van der Waals surface area contributed by atoms with Gasteiger partial charge in [0, 0.05) is 0 Å². The van der Waals surface area contributed by atoms with Gasteiger partial charge in [-0.05, 0) is 19.1 Å². The van der Waals surface area contributed by atoms with E-state index in [0.29, 0.717) is 11.5 Å². The van der Waals surface area contributed by atoms with Gasteiger partial charge in [-0.1, -0.05) is 6.07 Å². The van der Waals surface area contributed by atoms with Gasteiger partial charge in [-0.3, -0.25) is 4.79 Å². The molecular formula is C13H17NO5. The topological polar surface area (TPSA) is 73.9 Å². The summed E-state index contributed by atoms with van der Waals surface area (Å²) >= 11 is 0. The van der Waals surface area contributed by atoms with Crippen molar-refractivity contribution in [1.82, 2.24) is 5.32 Å². The molecule has 0 fully saturated rings. The summed E-state index contributed by atoms with van der Waals surface area (Å²) < 4.78 is 14.8. The van der Waals surface area contributed by atoms with Crippen molar-refractivity contribution in [3.05, 3.63) is 23.8 Å². The lowest BCUT2D eigenvalue weighted by molar-refractivity contribution is -0.142. The Morgan fingerprint density at radius 2 is 1.84 bits per heavy atom. The molecule has 6 heteroatoms. The first kappa shape index (κ1) is 14.8. The Kier molecular flexibility index (Phi) is 5.17. The highest BCUT2D eigenvalue weighted by Crippen LogP contribution is 2.30. The number of methoxy groups -OCH3 is 3. The molecule has 1 N–H and O–H groups in total. The van der Waals surface area contributed by atoms with E-state index in [9.17, 15) is 9.59 Å². The van der Waals surface area contributed by atoms with Crippen LogP contribution < -0.4 is 14.8 Å². The van der Waals surface area contributed by atoms with E-state index in [1.807, 2.05) is 0 Å². The molecule has 0 bridgehead atoms. The maximum atomic E-state index is 12.1. The van der Waals surface area contributed by atoms with Crippen LogP contribution in [-0.4, -0.2) is 39.2 Å². The Bertz CT molecular complexity index is 472. The number of hydrogen-bond donors (Lipinski definition) is 1. The first-order chi connectivity index (χ1) is 9.04. The van der Waals surface area contributed by atoms with Crippen LogP contribution in [-0.2, 0) is 9.53 Å². The molecule has 0 aliphatic rings. The summed E-state index contributed by atoms with van der Waals surface area (Å²) in [7, 11) is 4.19. The Hall–Kier alpha value is -2.24. The van der Waals surface area contributed by atoms with Gasteiger partial charge in [-0.15, -0.1) is 0 Å². The number of carbonyl (C=O) groups excluding carboxylic acids is 2. The molecule has 0 heterocycles. The van der Waals surface area contributed by atoms with E-state index in [-0.39, 0.29) is 5.56 Å². The Morgan fingerprint density at radius 1 is 1.16 bits per heavy atom. The quantitative estimate of drug-likeness (QED) is 0.805. The Balaban J connectivity index is 2.97.